The molecule has 1 heterocycles. The molecule has 2 rings (SSSR count). The molecule has 0 aliphatic rings. The van der Waals surface area contributed by atoms with Crippen LogP contribution in [-0.2, 0) is 4.79 Å². The molecule has 0 radical (unpaired) electrons. The van der Waals surface area contributed by atoms with E-state index in [9.17, 15) is 18.4 Å². The maximum absolute atomic E-state index is 13.2. The highest BCUT2D eigenvalue weighted by Gasteiger charge is 2.23. The van der Waals surface area contributed by atoms with Crippen LogP contribution in [0.3, 0.4) is 0 Å². The van der Waals surface area contributed by atoms with E-state index in [0.717, 1.165) is 18.2 Å². The molecule has 2 N–H and O–H groups in total. The van der Waals surface area contributed by atoms with Crippen LogP contribution in [0.2, 0.25) is 0 Å². The molecule has 108 valence electrons. The van der Waals surface area contributed by atoms with Gasteiger partial charge in [0.25, 0.3) is 5.91 Å². The first-order valence-corrected chi connectivity index (χ1v) is 5.87. The van der Waals surface area contributed by atoms with Crippen LogP contribution in [-0.4, -0.2) is 22.0 Å². The number of pyridine rings is 1. The zero-order chi connectivity index (χ0) is 15.4. The van der Waals surface area contributed by atoms with Crippen molar-refractivity contribution < 1.29 is 23.5 Å². The number of aliphatic carboxylic acids is 1. The molecular weight excluding hydrogens is 282 g/mol. The van der Waals surface area contributed by atoms with Crippen molar-refractivity contribution in [2.24, 2.45) is 0 Å². The van der Waals surface area contributed by atoms with Gasteiger partial charge in [0.15, 0.2) is 17.7 Å². The molecule has 0 saturated carbocycles. The number of nitrogens with zero attached hydrogens (tertiary/aromatic N) is 1. The largest absolute Gasteiger partial charge is 0.479 e. The highest BCUT2D eigenvalue weighted by molar-refractivity contribution is 5.96. The quantitative estimate of drug-likeness (QED) is 0.902. The smallest absolute Gasteiger partial charge is 0.330 e. The summed E-state index contributed by atoms with van der Waals surface area (Å²) in [5.74, 6) is -4.32. The van der Waals surface area contributed by atoms with Gasteiger partial charge in [0, 0.05) is 18.0 Å². The van der Waals surface area contributed by atoms with Crippen molar-refractivity contribution in [1.29, 1.82) is 0 Å². The van der Waals surface area contributed by atoms with Crippen LogP contribution in [0.1, 0.15) is 22.0 Å². The Labute approximate surface area is 118 Å². The lowest BCUT2D eigenvalue weighted by atomic mass is 10.1. The van der Waals surface area contributed by atoms with Crippen molar-refractivity contribution in [2.45, 2.75) is 6.04 Å². The lowest BCUT2D eigenvalue weighted by molar-refractivity contribution is -0.139. The predicted molar refractivity (Wildman–Crippen MR) is 68.4 cm³/mol. The van der Waals surface area contributed by atoms with E-state index in [1.54, 1.807) is 0 Å². The van der Waals surface area contributed by atoms with Crippen molar-refractivity contribution >= 4 is 11.9 Å². The van der Waals surface area contributed by atoms with Gasteiger partial charge in [-0.05, 0) is 29.8 Å². The number of carbonyl (C=O) groups is 2. The fourth-order valence-corrected chi connectivity index (χ4v) is 1.70. The van der Waals surface area contributed by atoms with E-state index in [1.807, 2.05) is 0 Å². The Hall–Kier alpha value is -2.83. The van der Waals surface area contributed by atoms with Crippen molar-refractivity contribution in [3.63, 3.8) is 0 Å². The summed E-state index contributed by atoms with van der Waals surface area (Å²) < 4.78 is 26.0. The molecule has 0 aliphatic heterocycles. The summed E-state index contributed by atoms with van der Waals surface area (Å²) in [5.41, 5.74) is 0.141. The van der Waals surface area contributed by atoms with E-state index >= 15 is 0 Å². The normalized spacial score (nSPS) is 11.7. The number of rotatable bonds is 4. The third-order valence-electron chi connectivity index (χ3n) is 2.74. The van der Waals surface area contributed by atoms with Crippen LogP contribution in [0, 0.1) is 11.6 Å². The fraction of sp³-hybridized carbons (Fsp3) is 0.0714. The van der Waals surface area contributed by atoms with E-state index in [2.05, 4.69) is 10.3 Å². The fourth-order valence-electron chi connectivity index (χ4n) is 1.70. The van der Waals surface area contributed by atoms with Gasteiger partial charge in [-0.2, -0.15) is 0 Å². The zero-order valence-electron chi connectivity index (χ0n) is 10.6. The minimum Gasteiger partial charge on any atom is -0.479 e. The zero-order valence-corrected chi connectivity index (χ0v) is 10.6. The van der Waals surface area contributed by atoms with Gasteiger partial charge in [0.2, 0.25) is 0 Å². The third-order valence-corrected chi connectivity index (χ3v) is 2.74. The van der Waals surface area contributed by atoms with Crippen LogP contribution in [0.25, 0.3) is 0 Å². The summed E-state index contributed by atoms with van der Waals surface area (Å²) in [6.07, 6.45) is 2.75. The number of carboxylic acids is 1. The summed E-state index contributed by atoms with van der Waals surface area (Å²) in [6, 6.07) is 3.96. The van der Waals surface area contributed by atoms with Crippen molar-refractivity contribution in [3.8, 4) is 0 Å². The second-order valence-corrected chi connectivity index (χ2v) is 4.15. The number of carboxylic acid groups (broad SMARTS) is 1. The van der Waals surface area contributed by atoms with E-state index in [4.69, 9.17) is 5.11 Å². The predicted octanol–water partition coefficient (Wildman–Crippen LogP) is 1.92. The van der Waals surface area contributed by atoms with Gasteiger partial charge in [-0.25, -0.2) is 13.6 Å². The van der Waals surface area contributed by atoms with E-state index in [0.29, 0.717) is 0 Å². The molecule has 0 aliphatic carbocycles. The molecule has 0 fully saturated rings. The van der Waals surface area contributed by atoms with Crippen LogP contribution in [0.4, 0.5) is 8.78 Å². The van der Waals surface area contributed by atoms with Crippen LogP contribution in [0.5, 0.6) is 0 Å². The van der Waals surface area contributed by atoms with Gasteiger partial charge in [-0.1, -0.05) is 6.07 Å². The Kier molecular flexibility index (Phi) is 4.22. The van der Waals surface area contributed by atoms with E-state index < -0.39 is 29.6 Å². The summed E-state index contributed by atoms with van der Waals surface area (Å²) in [5, 5.41) is 11.4. The second kappa shape index (κ2) is 6.08. The van der Waals surface area contributed by atoms with Crippen LogP contribution >= 0.6 is 0 Å². The van der Waals surface area contributed by atoms with Gasteiger partial charge in [-0.3, -0.25) is 9.78 Å². The lowest BCUT2D eigenvalue weighted by Crippen LogP contribution is -2.33. The molecule has 21 heavy (non-hydrogen) atoms. The number of nitrogens with one attached hydrogen (secondary N) is 1. The number of aromatic nitrogens is 1. The SMILES string of the molecule is O=C(N[C@@H](C(=O)O)c1ccc(F)c(F)c1)c1ccncc1. The molecule has 1 aromatic heterocycles. The Balaban J connectivity index is 2.26. The molecule has 2 aromatic rings. The van der Waals surface area contributed by atoms with Gasteiger partial charge in [-0.15, -0.1) is 0 Å². The van der Waals surface area contributed by atoms with Gasteiger partial charge in [0.1, 0.15) is 0 Å². The second-order valence-electron chi connectivity index (χ2n) is 4.15. The van der Waals surface area contributed by atoms with Gasteiger partial charge in [0.05, 0.1) is 0 Å². The number of amides is 1. The van der Waals surface area contributed by atoms with Crippen LogP contribution in [0.15, 0.2) is 42.7 Å². The minimum atomic E-state index is -1.49. The Morgan fingerprint density at radius 1 is 1.10 bits per heavy atom. The number of carbonyl (C=O) groups excluding carboxylic acids is 1. The summed E-state index contributed by atoms with van der Waals surface area (Å²) in [7, 11) is 0. The molecule has 0 bridgehead atoms. The van der Waals surface area contributed by atoms with Crippen molar-refractivity contribution in [1.82, 2.24) is 10.3 Å². The first-order chi connectivity index (χ1) is 9.99. The topological polar surface area (TPSA) is 79.3 Å². The molecule has 0 saturated heterocycles. The lowest BCUT2D eigenvalue weighted by Gasteiger charge is -2.15. The summed E-state index contributed by atoms with van der Waals surface area (Å²) in [4.78, 5) is 26.9. The van der Waals surface area contributed by atoms with E-state index in [-0.39, 0.29) is 11.1 Å². The number of halogens is 2. The standard InChI is InChI=1S/C14H10F2N2O3/c15-10-2-1-9(7-11(10)16)12(14(20)21)18-13(19)8-3-5-17-6-4-8/h1-7,12H,(H,18,19)(H,20,21)/t12-/m1/s1. The first kappa shape index (κ1) is 14.6. The number of benzene rings is 1. The molecule has 5 nitrogen and oxygen atoms in total. The molecule has 1 amide bonds. The first-order valence-electron chi connectivity index (χ1n) is 5.87. The van der Waals surface area contributed by atoms with Crippen molar-refractivity contribution in [3.05, 3.63) is 65.5 Å². The molecular formula is C14H10F2N2O3. The minimum absolute atomic E-state index is 0.0659. The highest BCUT2D eigenvalue weighted by Crippen LogP contribution is 2.17. The monoisotopic (exact) mass is 292 g/mol. The Morgan fingerprint density at radius 3 is 2.33 bits per heavy atom. The molecule has 1 atom stereocenters. The maximum atomic E-state index is 13.2. The third kappa shape index (κ3) is 3.38. The molecule has 0 unspecified atom stereocenters. The molecule has 7 heteroatoms. The average Bonchev–Trinajstić information content (AvgIpc) is 2.48. The molecule has 1 aromatic carbocycles. The average molecular weight is 292 g/mol. The van der Waals surface area contributed by atoms with E-state index in [1.165, 1.54) is 24.5 Å². The van der Waals surface area contributed by atoms with Gasteiger partial charge < -0.3 is 10.4 Å². The summed E-state index contributed by atoms with van der Waals surface area (Å²) in [6.45, 7) is 0. The van der Waals surface area contributed by atoms with Crippen LogP contribution < -0.4 is 5.32 Å². The maximum Gasteiger partial charge on any atom is 0.330 e. The Morgan fingerprint density at radius 2 is 1.76 bits per heavy atom. The van der Waals surface area contributed by atoms with Crippen molar-refractivity contribution in [2.75, 3.05) is 0 Å². The molecule has 0 spiro atoms. The number of hydrogen-bond acceptors (Lipinski definition) is 3. The summed E-state index contributed by atoms with van der Waals surface area (Å²) >= 11 is 0. The number of hydrogen-bond donors (Lipinski definition) is 2. The highest BCUT2D eigenvalue weighted by atomic mass is 19.2. The van der Waals surface area contributed by atoms with Gasteiger partial charge >= 0.3 is 5.97 Å². The Bertz CT molecular complexity index is 677.